The first kappa shape index (κ1) is 16.1. The molecule has 0 bridgehead atoms. The van der Waals surface area contributed by atoms with E-state index in [1.165, 1.54) is 5.56 Å². The van der Waals surface area contributed by atoms with Gasteiger partial charge < -0.3 is 16.4 Å². The van der Waals surface area contributed by atoms with Crippen LogP contribution >= 0.6 is 11.3 Å². The molecular weight excluding hydrogens is 328 g/mol. The first-order valence-electron chi connectivity index (χ1n) is 8.62. The van der Waals surface area contributed by atoms with Gasteiger partial charge in [-0.15, -0.1) is 11.3 Å². The van der Waals surface area contributed by atoms with Crippen LogP contribution < -0.4 is 16.4 Å². The second-order valence-corrected chi connectivity index (χ2v) is 7.37. The minimum absolute atomic E-state index is 0.315. The number of benzene rings is 1. The molecule has 4 nitrogen and oxygen atoms in total. The molecule has 3 heterocycles. The highest BCUT2D eigenvalue weighted by Gasteiger charge is 2.19. The average molecular weight is 350 g/mol. The number of nitrogens with zero attached hydrogens (tertiary/aromatic N) is 2. The van der Waals surface area contributed by atoms with E-state index in [0.717, 1.165) is 53.2 Å². The van der Waals surface area contributed by atoms with Gasteiger partial charge in [0.1, 0.15) is 10.6 Å². The van der Waals surface area contributed by atoms with Crippen molar-refractivity contribution in [3.05, 3.63) is 52.9 Å². The van der Waals surface area contributed by atoms with Crippen molar-refractivity contribution >= 4 is 45.2 Å². The zero-order valence-electron chi connectivity index (χ0n) is 14.1. The Morgan fingerprint density at radius 1 is 1.12 bits per heavy atom. The standard InChI is InChI=1S/C20H22N4S/c21-16-8-10-24(11-9-16)18-12-15(7-6-14-4-2-1-3-5-14)19-17(22)13-25-20(19)23-18/h1-7,12-13,16H,8-11,21-22H2/b7-6+. The van der Waals surface area contributed by atoms with Crippen LogP contribution in [-0.2, 0) is 0 Å². The van der Waals surface area contributed by atoms with Crippen molar-refractivity contribution < 1.29 is 0 Å². The maximum atomic E-state index is 6.20. The van der Waals surface area contributed by atoms with Gasteiger partial charge in [0.05, 0.1) is 5.69 Å². The fraction of sp³-hybridized carbons (Fsp3) is 0.250. The van der Waals surface area contributed by atoms with E-state index in [4.69, 9.17) is 16.5 Å². The maximum absolute atomic E-state index is 6.20. The quantitative estimate of drug-likeness (QED) is 0.750. The number of aromatic nitrogens is 1. The molecule has 0 radical (unpaired) electrons. The number of nitrogens with two attached hydrogens (primary N) is 2. The third kappa shape index (κ3) is 3.38. The Balaban J connectivity index is 1.73. The number of fused-ring (bicyclic) bond motifs is 1. The normalized spacial score (nSPS) is 16.1. The van der Waals surface area contributed by atoms with Gasteiger partial charge in [-0.2, -0.15) is 0 Å². The van der Waals surface area contributed by atoms with Gasteiger partial charge >= 0.3 is 0 Å². The second-order valence-electron chi connectivity index (χ2n) is 6.51. The number of piperidine rings is 1. The number of pyridine rings is 1. The summed E-state index contributed by atoms with van der Waals surface area (Å²) in [7, 11) is 0. The number of thiophene rings is 1. The molecule has 2 aromatic heterocycles. The molecule has 3 aromatic rings. The van der Waals surface area contributed by atoms with Gasteiger partial charge in [-0.05, 0) is 30.0 Å². The first-order chi connectivity index (χ1) is 12.2. The van der Waals surface area contributed by atoms with Crippen LogP contribution in [0.5, 0.6) is 0 Å². The Morgan fingerprint density at radius 2 is 1.88 bits per heavy atom. The number of nitrogen functional groups attached to an aromatic ring is 1. The molecule has 5 heteroatoms. The summed E-state index contributed by atoms with van der Waals surface area (Å²) in [5.41, 5.74) is 15.3. The lowest BCUT2D eigenvalue weighted by Crippen LogP contribution is -2.40. The van der Waals surface area contributed by atoms with Crippen molar-refractivity contribution in [2.24, 2.45) is 5.73 Å². The van der Waals surface area contributed by atoms with Gasteiger partial charge in [0.15, 0.2) is 0 Å². The molecule has 0 saturated carbocycles. The van der Waals surface area contributed by atoms with Crippen LogP contribution in [-0.4, -0.2) is 24.1 Å². The highest BCUT2D eigenvalue weighted by Crippen LogP contribution is 2.34. The topological polar surface area (TPSA) is 68.2 Å². The van der Waals surface area contributed by atoms with Gasteiger partial charge in [-0.25, -0.2) is 4.98 Å². The van der Waals surface area contributed by atoms with E-state index in [0.29, 0.717) is 6.04 Å². The van der Waals surface area contributed by atoms with Crippen molar-refractivity contribution in [3.8, 4) is 0 Å². The summed E-state index contributed by atoms with van der Waals surface area (Å²) in [5, 5.41) is 3.03. The van der Waals surface area contributed by atoms with Crippen molar-refractivity contribution in [2.75, 3.05) is 23.7 Å². The Morgan fingerprint density at radius 3 is 2.64 bits per heavy atom. The first-order valence-corrected chi connectivity index (χ1v) is 9.50. The van der Waals surface area contributed by atoms with E-state index in [-0.39, 0.29) is 0 Å². The molecule has 0 unspecified atom stereocenters. The molecule has 1 aliphatic heterocycles. The second kappa shape index (κ2) is 6.86. The summed E-state index contributed by atoms with van der Waals surface area (Å²) in [6, 6.07) is 12.8. The lowest BCUT2D eigenvalue weighted by atomic mass is 10.1. The molecular formula is C20H22N4S. The summed E-state index contributed by atoms with van der Waals surface area (Å²) in [6.07, 6.45) is 6.30. The number of hydrogen-bond donors (Lipinski definition) is 2. The average Bonchev–Trinajstić information content (AvgIpc) is 3.02. The Hall–Kier alpha value is -2.37. The summed E-state index contributed by atoms with van der Waals surface area (Å²) in [4.78, 5) is 8.18. The van der Waals surface area contributed by atoms with E-state index < -0.39 is 0 Å². The smallest absolute Gasteiger partial charge is 0.130 e. The molecule has 128 valence electrons. The van der Waals surface area contributed by atoms with Crippen LogP contribution in [0.4, 0.5) is 11.5 Å². The summed E-state index contributed by atoms with van der Waals surface area (Å²) in [6.45, 7) is 1.92. The van der Waals surface area contributed by atoms with Crippen LogP contribution in [0.15, 0.2) is 41.8 Å². The molecule has 4 rings (SSSR count). The van der Waals surface area contributed by atoms with Crippen LogP contribution in [0.2, 0.25) is 0 Å². The lowest BCUT2D eigenvalue weighted by molar-refractivity contribution is 0.499. The summed E-state index contributed by atoms with van der Waals surface area (Å²) >= 11 is 1.61. The van der Waals surface area contributed by atoms with E-state index >= 15 is 0 Å². The molecule has 0 amide bonds. The molecule has 25 heavy (non-hydrogen) atoms. The number of hydrogen-bond acceptors (Lipinski definition) is 5. The monoisotopic (exact) mass is 350 g/mol. The molecule has 4 N–H and O–H groups in total. The Bertz CT molecular complexity index is 893. The molecule has 1 aromatic carbocycles. The van der Waals surface area contributed by atoms with Crippen molar-refractivity contribution in [3.63, 3.8) is 0 Å². The molecule has 1 fully saturated rings. The van der Waals surface area contributed by atoms with Gasteiger partial charge in [0, 0.05) is 29.9 Å². The van der Waals surface area contributed by atoms with E-state index in [2.05, 4.69) is 35.3 Å². The van der Waals surface area contributed by atoms with Crippen molar-refractivity contribution in [1.82, 2.24) is 4.98 Å². The molecule has 1 aliphatic rings. The van der Waals surface area contributed by atoms with Crippen LogP contribution in [0, 0.1) is 0 Å². The van der Waals surface area contributed by atoms with E-state index in [9.17, 15) is 0 Å². The zero-order valence-corrected chi connectivity index (χ0v) is 14.9. The Kier molecular flexibility index (Phi) is 4.42. The van der Waals surface area contributed by atoms with E-state index in [1.54, 1.807) is 11.3 Å². The van der Waals surface area contributed by atoms with Crippen LogP contribution in [0.1, 0.15) is 24.0 Å². The number of anilines is 2. The highest BCUT2D eigenvalue weighted by atomic mass is 32.1. The number of rotatable bonds is 3. The maximum Gasteiger partial charge on any atom is 0.130 e. The van der Waals surface area contributed by atoms with Gasteiger partial charge in [0.25, 0.3) is 0 Å². The Labute approximate surface area is 151 Å². The van der Waals surface area contributed by atoms with Crippen LogP contribution in [0.3, 0.4) is 0 Å². The zero-order chi connectivity index (χ0) is 17.2. The largest absolute Gasteiger partial charge is 0.397 e. The third-order valence-electron chi connectivity index (χ3n) is 4.71. The SMILES string of the molecule is Nc1csc2nc(N3CCC(N)CC3)cc(/C=C/c3ccccc3)c12. The molecule has 0 atom stereocenters. The van der Waals surface area contributed by atoms with E-state index in [1.807, 2.05) is 23.6 Å². The summed E-state index contributed by atoms with van der Waals surface area (Å²) in [5.74, 6) is 1.02. The lowest BCUT2D eigenvalue weighted by Gasteiger charge is -2.31. The fourth-order valence-electron chi connectivity index (χ4n) is 3.25. The van der Waals surface area contributed by atoms with Gasteiger partial charge in [-0.1, -0.05) is 42.5 Å². The van der Waals surface area contributed by atoms with Gasteiger partial charge in [-0.3, -0.25) is 0 Å². The molecule has 0 aliphatic carbocycles. The summed E-state index contributed by atoms with van der Waals surface area (Å²) < 4.78 is 0. The van der Waals surface area contributed by atoms with Crippen LogP contribution in [0.25, 0.3) is 22.4 Å². The highest BCUT2D eigenvalue weighted by molar-refractivity contribution is 7.17. The predicted octanol–water partition coefficient (Wildman–Crippen LogP) is 3.98. The van der Waals surface area contributed by atoms with Crippen molar-refractivity contribution in [2.45, 2.75) is 18.9 Å². The third-order valence-corrected chi connectivity index (χ3v) is 5.60. The predicted molar refractivity (Wildman–Crippen MR) is 109 cm³/mol. The molecule has 1 saturated heterocycles. The van der Waals surface area contributed by atoms with Gasteiger partial charge in [0.2, 0.25) is 0 Å². The van der Waals surface area contributed by atoms with Crippen molar-refractivity contribution in [1.29, 1.82) is 0 Å². The minimum Gasteiger partial charge on any atom is -0.397 e. The molecule has 0 spiro atoms. The fourth-order valence-corrected chi connectivity index (χ4v) is 4.11. The minimum atomic E-state index is 0.315.